The lowest BCUT2D eigenvalue weighted by Crippen LogP contribution is -2.50. The van der Waals surface area contributed by atoms with Gasteiger partial charge in [-0.1, -0.05) is 30.5 Å². The molecule has 3 rings (SSSR count). The number of hydrogen-bond donors (Lipinski definition) is 1. The van der Waals surface area contributed by atoms with Crippen molar-refractivity contribution >= 4 is 29.4 Å². The molecule has 1 aliphatic heterocycles. The normalized spacial score (nSPS) is 24.8. The van der Waals surface area contributed by atoms with Crippen LogP contribution in [0.2, 0.25) is 5.02 Å². The number of fused-ring (bicyclic) bond motifs is 1. The average Bonchev–Trinajstić information content (AvgIpc) is 2.99. The van der Waals surface area contributed by atoms with E-state index in [1.54, 1.807) is 29.2 Å². The maximum absolute atomic E-state index is 13.2. The lowest BCUT2D eigenvalue weighted by molar-refractivity contribution is -0.145. The number of carboxylic acids is 1. The molecule has 1 aromatic rings. The van der Waals surface area contributed by atoms with E-state index in [0.29, 0.717) is 22.9 Å². The summed E-state index contributed by atoms with van der Waals surface area (Å²) >= 11 is 6.03. The number of carbonyl (C=O) groups excluding carboxylic acids is 2. The number of nitrogens with zero attached hydrogens (tertiary/aromatic N) is 2. The zero-order chi connectivity index (χ0) is 18.8. The Morgan fingerprint density at radius 2 is 2.00 bits per heavy atom. The molecule has 2 fully saturated rings. The summed E-state index contributed by atoms with van der Waals surface area (Å²) in [5, 5.41) is 9.45. The van der Waals surface area contributed by atoms with Crippen molar-refractivity contribution in [1.29, 1.82) is 0 Å². The Hall–Kier alpha value is -2.08. The van der Waals surface area contributed by atoms with Crippen LogP contribution in [0, 0.1) is 5.92 Å². The van der Waals surface area contributed by atoms with E-state index in [4.69, 9.17) is 16.7 Å². The van der Waals surface area contributed by atoms with Gasteiger partial charge < -0.3 is 14.9 Å². The van der Waals surface area contributed by atoms with E-state index in [-0.39, 0.29) is 24.4 Å². The smallest absolute Gasteiger partial charge is 0.323 e. The molecule has 0 aromatic heterocycles. The Balaban J connectivity index is 1.90. The summed E-state index contributed by atoms with van der Waals surface area (Å²) in [6.07, 6.45) is 4.61. The Bertz CT molecular complexity index is 723. The van der Waals surface area contributed by atoms with Crippen molar-refractivity contribution in [2.75, 3.05) is 13.6 Å². The maximum atomic E-state index is 13.2. The quantitative estimate of drug-likeness (QED) is 0.873. The zero-order valence-corrected chi connectivity index (χ0v) is 15.5. The summed E-state index contributed by atoms with van der Waals surface area (Å²) in [5.74, 6) is -1.29. The Kier molecular flexibility index (Phi) is 5.51. The van der Waals surface area contributed by atoms with E-state index in [2.05, 4.69) is 0 Å². The van der Waals surface area contributed by atoms with Crippen molar-refractivity contribution in [2.45, 2.75) is 44.2 Å². The second kappa shape index (κ2) is 7.66. The molecule has 1 saturated heterocycles. The molecule has 1 N–H and O–H groups in total. The van der Waals surface area contributed by atoms with Crippen molar-refractivity contribution in [1.82, 2.24) is 9.80 Å². The number of amides is 2. The van der Waals surface area contributed by atoms with E-state index in [0.717, 1.165) is 25.7 Å². The van der Waals surface area contributed by atoms with Gasteiger partial charge in [0, 0.05) is 23.7 Å². The van der Waals surface area contributed by atoms with Gasteiger partial charge in [-0.2, -0.15) is 0 Å². The third-order valence-electron chi connectivity index (χ3n) is 5.43. The van der Waals surface area contributed by atoms with Crippen LogP contribution in [-0.4, -0.2) is 58.4 Å². The minimum absolute atomic E-state index is 0.0300. The summed E-state index contributed by atoms with van der Waals surface area (Å²) < 4.78 is 0. The molecule has 1 aromatic carbocycles. The van der Waals surface area contributed by atoms with Gasteiger partial charge in [-0.25, -0.2) is 0 Å². The number of benzene rings is 1. The van der Waals surface area contributed by atoms with E-state index >= 15 is 0 Å². The number of halogens is 1. The maximum Gasteiger partial charge on any atom is 0.323 e. The second-order valence-electron chi connectivity index (χ2n) is 7.17. The molecule has 3 atom stereocenters. The zero-order valence-electron chi connectivity index (χ0n) is 14.7. The summed E-state index contributed by atoms with van der Waals surface area (Å²) in [6.45, 7) is -0.371. The van der Waals surface area contributed by atoms with E-state index in [1.165, 1.54) is 11.9 Å². The Morgan fingerprint density at radius 3 is 2.69 bits per heavy atom. The Labute approximate surface area is 157 Å². The van der Waals surface area contributed by atoms with Gasteiger partial charge in [0.1, 0.15) is 12.6 Å². The SMILES string of the molecule is CN(CC(=O)O)C(=O)C1CC2CCCCC2N1C(=O)c1cccc(Cl)c1. The van der Waals surface area contributed by atoms with Gasteiger partial charge in [0.25, 0.3) is 5.91 Å². The number of rotatable bonds is 4. The fourth-order valence-corrected chi connectivity index (χ4v) is 4.47. The topological polar surface area (TPSA) is 77.9 Å². The highest BCUT2D eigenvalue weighted by Crippen LogP contribution is 2.41. The third kappa shape index (κ3) is 3.70. The van der Waals surface area contributed by atoms with Gasteiger partial charge >= 0.3 is 5.97 Å². The fraction of sp³-hybridized carbons (Fsp3) is 0.526. The molecule has 0 radical (unpaired) electrons. The van der Waals surface area contributed by atoms with Crippen LogP contribution in [0.5, 0.6) is 0 Å². The van der Waals surface area contributed by atoms with Crippen LogP contribution in [0.15, 0.2) is 24.3 Å². The molecule has 7 heteroatoms. The van der Waals surface area contributed by atoms with E-state index in [9.17, 15) is 14.4 Å². The second-order valence-corrected chi connectivity index (χ2v) is 7.61. The molecule has 1 aliphatic carbocycles. The lowest BCUT2D eigenvalue weighted by Gasteiger charge is -2.34. The van der Waals surface area contributed by atoms with Crippen molar-refractivity contribution in [3.05, 3.63) is 34.9 Å². The first-order valence-electron chi connectivity index (χ1n) is 8.93. The van der Waals surface area contributed by atoms with Gasteiger partial charge in [-0.15, -0.1) is 0 Å². The van der Waals surface area contributed by atoms with Crippen LogP contribution >= 0.6 is 11.6 Å². The molecule has 6 nitrogen and oxygen atoms in total. The van der Waals surface area contributed by atoms with Gasteiger partial charge in [-0.05, 0) is 43.4 Å². The molecule has 26 heavy (non-hydrogen) atoms. The highest BCUT2D eigenvalue weighted by molar-refractivity contribution is 6.31. The fourth-order valence-electron chi connectivity index (χ4n) is 4.28. The predicted octanol–water partition coefficient (Wildman–Crippen LogP) is 2.66. The van der Waals surface area contributed by atoms with Gasteiger partial charge in [-0.3, -0.25) is 14.4 Å². The van der Waals surface area contributed by atoms with Crippen LogP contribution in [-0.2, 0) is 9.59 Å². The number of carboxylic acid groups (broad SMARTS) is 1. The summed E-state index contributed by atoms with van der Waals surface area (Å²) in [6, 6.07) is 6.16. The van der Waals surface area contributed by atoms with Crippen LogP contribution in [0.4, 0.5) is 0 Å². The molecule has 3 unspecified atom stereocenters. The molecule has 1 saturated carbocycles. The van der Waals surface area contributed by atoms with Crippen molar-refractivity contribution in [2.24, 2.45) is 5.92 Å². The van der Waals surface area contributed by atoms with Gasteiger partial charge in [0.05, 0.1) is 0 Å². The molecular formula is C19H23ClN2O4. The minimum Gasteiger partial charge on any atom is -0.480 e. The molecule has 2 aliphatic rings. The van der Waals surface area contributed by atoms with Crippen molar-refractivity contribution in [3.63, 3.8) is 0 Å². The molecule has 140 valence electrons. The largest absolute Gasteiger partial charge is 0.480 e. The molecule has 0 bridgehead atoms. The predicted molar refractivity (Wildman–Crippen MR) is 97.0 cm³/mol. The number of likely N-dealkylation sites (N-methyl/N-ethyl adjacent to an activating group) is 1. The van der Waals surface area contributed by atoms with Gasteiger partial charge in [0.2, 0.25) is 5.91 Å². The van der Waals surface area contributed by atoms with Crippen LogP contribution in [0.3, 0.4) is 0 Å². The summed E-state index contributed by atoms with van der Waals surface area (Å²) in [7, 11) is 1.47. The van der Waals surface area contributed by atoms with E-state index < -0.39 is 12.0 Å². The standard InChI is InChI=1S/C19H23ClN2O4/c1-21(11-17(23)24)19(26)16-10-12-5-2-3-8-15(12)22(16)18(25)13-6-4-7-14(20)9-13/h4,6-7,9,12,15-16H,2-3,5,8,10-11H2,1H3,(H,23,24). The van der Waals surface area contributed by atoms with Crippen LogP contribution < -0.4 is 0 Å². The number of aliphatic carboxylic acids is 1. The number of hydrogen-bond acceptors (Lipinski definition) is 3. The van der Waals surface area contributed by atoms with Crippen LogP contribution in [0.25, 0.3) is 0 Å². The molecule has 0 spiro atoms. The summed E-state index contributed by atoms with van der Waals surface area (Å²) in [4.78, 5) is 39.9. The molecular weight excluding hydrogens is 356 g/mol. The first kappa shape index (κ1) is 18.7. The average molecular weight is 379 g/mol. The minimum atomic E-state index is -1.07. The first-order chi connectivity index (χ1) is 12.4. The molecule has 2 amide bonds. The highest BCUT2D eigenvalue weighted by atomic mass is 35.5. The Morgan fingerprint density at radius 1 is 1.27 bits per heavy atom. The first-order valence-corrected chi connectivity index (χ1v) is 9.31. The van der Waals surface area contributed by atoms with Crippen LogP contribution in [0.1, 0.15) is 42.5 Å². The van der Waals surface area contributed by atoms with Crippen molar-refractivity contribution in [3.8, 4) is 0 Å². The van der Waals surface area contributed by atoms with Gasteiger partial charge in [0.15, 0.2) is 0 Å². The third-order valence-corrected chi connectivity index (χ3v) is 5.66. The highest BCUT2D eigenvalue weighted by Gasteiger charge is 2.48. The summed E-state index contributed by atoms with van der Waals surface area (Å²) in [5.41, 5.74) is 0.461. The molecule has 1 heterocycles. The van der Waals surface area contributed by atoms with E-state index in [1.807, 2.05) is 0 Å². The number of likely N-dealkylation sites (tertiary alicyclic amines) is 1. The monoisotopic (exact) mass is 378 g/mol. The number of carbonyl (C=O) groups is 3. The lowest BCUT2D eigenvalue weighted by atomic mass is 9.84. The van der Waals surface area contributed by atoms with Crippen molar-refractivity contribution < 1.29 is 19.5 Å².